The molecule has 0 unspecified atom stereocenters. The minimum absolute atomic E-state index is 0.334. The second-order valence-electron chi connectivity index (χ2n) is 4.59. The Bertz CT molecular complexity index is 361. The van der Waals surface area contributed by atoms with Gasteiger partial charge in [0.15, 0.2) is 0 Å². The van der Waals surface area contributed by atoms with Crippen molar-refractivity contribution in [1.29, 1.82) is 0 Å². The predicted octanol–water partition coefficient (Wildman–Crippen LogP) is 3.53. The Morgan fingerprint density at radius 1 is 1.47 bits per heavy atom. The number of nitrogens with one attached hydrogen (secondary N) is 1. The number of halogens is 1. The molecule has 1 atom stereocenters. The molecular formula is C14H20BrNO. The summed E-state index contributed by atoms with van der Waals surface area (Å²) in [6, 6.07) is 6.32. The zero-order valence-electron chi connectivity index (χ0n) is 10.3. The first-order chi connectivity index (χ1) is 8.29. The Morgan fingerprint density at radius 3 is 3.06 bits per heavy atom. The van der Waals surface area contributed by atoms with Crippen LogP contribution in [0.15, 0.2) is 22.7 Å². The molecule has 0 aromatic heterocycles. The summed E-state index contributed by atoms with van der Waals surface area (Å²) in [5.74, 6) is 1.06. The average molecular weight is 298 g/mol. The van der Waals surface area contributed by atoms with E-state index in [1.807, 2.05) is 0 Å². The fourth-order valence-corrected chi connectivity index (χ4v) is 2.64. The van der Waals surface area contributed by atoms with Crippen LogP contribution in [0.1, 0.15) is 31.7 Å². The van der Waals surface area contributed by atoms with Crippen molar-refractivity contribution in [2.24, 2.45) is 0 Å². The van der Waals surface area contributed by atoms with E-state index in [9.17, 15) is 0 Å². The maximum absolute atomic E-state index is 6.11. The molecule has 94 valence electrons. The normalized spacial score (nSPS) is 20.2. The van der Waals surface area contributed by atoms with E-state index in [-0.39, 0.29) is 0 Å². The number of rotatable bonds is 4. The summed E-state index contributed by atoms with van der Waals surface area (Å²) in [4.78, 5) is 0. The first-order valence-corrected chi connectivity index (χ1v) is 7.24. The quantitative estimate of drug-likeness (QED) is 0.918. The Labute approximate surface area is 112 Å². The number of hydrogen-bond donors (Lipinski definition) is 1. The van der Waals surface area contributed by atoms with Gasteiger partial charge in [0.25, 0.3) is 0 Å². The fourth-order valence-electron chi connectivity index (χ4n) is 2.23. The van der Waals surface area contributed by atoms with Crippen LogP contribution in [0.25, 0.3) is 0 Å². The van der Waals surface area contributed by atoms with Gasteiger partial charge in [-0.05, 0) is 49.6 Å². The Balaban J connectivity index is 2.07. The molecule has 0 spiro atoms. The molecule has 1 aliphatic rings. The topological polar surface area (TPSA) is 21.3 Å². The number of aryl methyl sites for hydroxylation is 1. The first-order valence-electron chi connectivity index (χ1n) is 6.45. The molecule has 1 aromatic rings. The number of benzene rings is 1. The van der Waals surface area contributed by atoms with E-state index in [1.54, 1.807) is 0 Å². The van der Waals surface area contributed by atoms with Crippen LogP contribution < -0.4 is 10.1 Å². The predicted molar refractivity (Wildman–Crippen MR) is 74.7 cm³/mol. The van der Waals surface area contributed by atoms with Crippen LogP contribution in [-0.2, 0) is 6.42 Å². The molecule has 2 rings (SSSR count). The van der Waals surface area contributed by atoms with Gasteiger partial charge in [-0.3, -0.25) is 0 Å². The van der Waals surface area contributed by atoms with E-state index >= 15 is 0 Å². The van der Waals surface area contributed by atoms with E-state index in [2.05, 4.69) is 46.4 Å². The van der Waals surface area contributed by atoms with Gasteiger partial charge in [0.2, 0.25) is 0 Å². The Hall–Kier alpha value is -0.540. The standard InChI is InChI=1S/C14H20BrNO/c1-2-4-11-9-12(15)6-7-14(11)17-13-5-3-8-16-10-13/h6-7,9,13,16H,2-5,8,10H2,1H3/t13-/m1/s1. The maximum Gasteiger partial charge on any atom is 0.123 e. The minimum Gasteiger partial charge on any atom is -0.489 e. The fraction of sp³-hybridized carbons (Fsp3) is 0.571. The van der Waals surface area contributed by atoms with Crippen LogP contribution >= 0.6 is 15.9 Å². The molecule has 1 heterocycles. The van der Waals surface area contributed by atoms with Gasteiger partial charge in [0, 0.05) is 11.0 Å². The SMILES string of the molecule is CCCc1cc(Br)ccc1O[C@@H]1CCCNC1. The molecule has 1 saturated heterocycles. The summed E-state index contributed by atoms with van der Waals surface area (Å²) in [7, 11) is 0. The lowest BCUT2D eigenvalue weighted by molar-refractivity contribution is 0.165. The molecule has 1 fully saturated rings. The number of piperidine rings is 1. The van der Waals surface area contributed by atoms with Gasteiger partial charge in [-0.15, -0.1) is 0 Å². The van der Waals surface area contributed by atoms with Gasteiger partial charge >= 0.3 is 0 Å². The molecule has 0 saturated carbocycles. The van der Waals surface area contributed by atoms with Crippen LogP contribution in [-0.4, -0.2) is 19.2 Å². The van der Waals surface area contributed by atoms with Crippen molar-refractivity contribution in [3.05, 3.63) is 28.2 Å². The molecule has 1 aromatic carbocycles. The molecule has 0 amide bonds. The van der Waals surface area contributed by atoms with Gasteiger partial charge in [-0.2, -0.15) is 0 Å². The summed E-state index contributed by atoms with van der Waals surface area (Å²) >= 11 is 3.52. The minimum atomic E-state index is 0.334. The van der Waals surface area contributed by atoms with Crippen LogP contribution in [0.4, 0.5) is 0 Å². The van der Waals surface area contributed by atoms with E-state index < -0.39 is 0 Å². The van der Waals surface area contributed by atoms with Crippen molar-refractivity contribution in [1.82, 2.24) is 5.32 Å². The second-order valence-corrected chi connectivity index (χ2v) is 5.50. The molecule has 17 heavy (non-hydrogen) atoms. The third kappa shape index (κ3) is 3.71. The highest BCUT2D eigenvalue weighted by atomic mass is 79.9. The van der Waals surface area contributed by atoms with Crippen LogP contribution in [0.3, 0.4) is 0 Å². The maximum atomic E-state index is 6.11. The Kier molecular flexibility index (Phi) is 4.86. The molecule has 2 nitrogen and oxygen atoms in total. The van der Waals surface area contributed by atoms with Crippen LogP contribution in [0.5, 0.6) is 5.75 Å². The van der Waals surface area contributed by atoms with Crippen molar-refractivity contribution in [2.45, 2.75) is 38.7 Å². The van der Waals surface area contributed by atoms with Crippen molar-refractivity contribution >= 4 is 15.9 Å². The van der Waals surface area contributed by atoms with Gasteiger partial charge in [0.05, 0.1) is 0 Å². The van der Waals surface area contributed by atoms with Crippen LogP contribution in [0.2, 0.25) is 0 Å². The second kappa shape index (κ2) is 6.41. The van der Waals surface area contributed by atoms with Gasteiger partial charge < -0.3 is 10.1 Å². The monoisotopic (exact) mass is 297 g/mol. The highest BCUT2D eigenvalue weighted by Gasteiger charge is 2.15. The van der Waals surface area contributed by atoms with Crippen molar-refractivity contribution in [2.75, 3.05) is 13.1 Å². The summed E-state index contributed by atoms with van der Waals surface area (Å²) in [5.41, 5.74) is 1.31. The van der Waals surface area contributed by atoms with Gasteiger partial charge in [-0.25, -0.2) is 0 Å². The zero-order chi connectivity index (χ0) is 12.1. The lowest BCUT2D eigenvalue weighted by atomic mass is 10.1. The first kappa shape index (κ1) is 12.9. The molecule has 0 radical (unpaired) electrons. The van der Waals surface area contributed by atoms with E-state index in [0.29, 0.717) is 6.10 Å². The zero-order valence-corrected chi connectivity index (χ0v) is 11.9. The van der Waals surface area contributed by atoms with Crippen LogP contribution in [0, 0.1) is 0 Å². The highest BCUT2D eigenvalue weighted by molar-refractivity contribution is 9.10. The highest BCUT2D eigenvalue weighted by Crippen LogP contribution is 2.26. The van der Waals surface area contributed by atoms with Crippen molar-refractivity contribution in [3.8, 4) is 5.75 Å². The number of ether oxygens (including phenoxy) is 1. The van der Waals surface area contributed by atoms with E-state index in [0.717, 1.165) is 42.6 Å². The molecule has 1 aliphatic heterocycles. The van der Waals surface area contributed by atoms with Crippen molar-refractivity contribution in [3.63, 3.8) is 0 Å². The summed E-state index contributed by atoms with van der Waals surface area (Å²) in [6.45, 7) is 4.30. The van der Waals surface area contributed by atoms with Gasteiger partial charge in [0.1, 0.15) is 11.9 Å². The molecular weight excluding hydrogens is 278 g/mol. The summed E-state index contributed by atoms with van der Waals surface area (Å²) in [5, 5.41) is 3.38. The summed E-state index contributed by atoms with van der Waals surface area (Å²) in [6.07, 6.45) is 4.93. The van der Waals surface area contributed by atoms with Gasteiger partial charge in [-0.1, -0.05) is 29.3 Å². The largest absolute Gasteiger partial charge is 0.489 e. The molecule has 3 heteroatoms. The van der Waals surface area contributed by atoms with E-state index in [1.165, 1.54) is 12.0 Å². The summed E-state index contributed by atoms with van der Waals surface area (Å²) < 4.78 is 7.24. The van der Waals surface area contributed by atoms with Crippen molar-refractivity contribution < 1.29 is 4.74 Å². The average Bonchev–Trinajstić information content (AvgIpc) is 2.34. The Morgan fingerprint density at radius 2 is 2.35 bits per heavy atom. The number of hydrogen-bond acceptors (Lipinski definition) is 2. The molecule has 0 aliphatic carbocycles. The lowest BCUT2D eigenvalue weighted by Gasteiger charge is -2.25. The third-order valence-corrected chi connectivity index (χ3v) is 3.58. The molecule has 1 N–H and O–H groups in total. The van der Waals surface area contributed by atoms with E-state index in [4.69, 9.17) is 4.74 Å². The third-order valence-electron chi connectivity index (χ3n) is 3.09. The lowest BCUT2D eigenvalue weighted by Crippen LogP contribution is -2.37. The smallest absolute Gasteiger partial charge is 0.123 e. The molecule has 0 bridgehead atoms.